The summed E-state index contributed by atoms with van der Waals surface area (Å²) in [5.74, 6) is 0.271. The number of carbonyl (C=O) groups is 2. The van der Waals surface area contributed by atoms with Crippen LogP contribution >= 0.6 is 0 Å². The standard InChI is InChI=1S/C20H20N4O2/c1-3-17(25)23(18(26)4-2)24-20(16-13-9-6-10-14-16)21-19(22-24)15-11-7-5-8-12-15/h5-14H,3-4H2,1-2H3. The zero-order valence-electron chi connectivity index (χ0n) is 14.8. The third kappa shape index (κ3) is 3.39. The molecule has 6 heteroatoms. The van der Waals surface area contributed by atoms with E-state index in [2.05, 4.69) is 10.1 Å². The Labute approximate surface area is 152 Å². The van der Waals surface area contributed by atoms with E-state index < -0.39 is 0 Å². The van der Waals surface area contributed by atoms with Crippen LogP contribution in [-0.4, -0.2) is 26.7 Å². The molecule has 2 amide bonds. The lowest BCUT2D eigenvalue weighted by Gasteiger charge is -2.20. The molecule has 26 heavy (non-hydrogen) atoms. The molecule has 132 valence electrons. The number of hydrogen-bond donors (Lipinski definition) is 0. The second kappa shape index (κ2) is 7.74. The van der Waals surface area contributed by atoms with Gasteiger partial charge in [-0.2, -0.15) is 5.01 Å². The zero-order valence-corrected chi connectivity index (χ0v) is 14.8. The van der Waals surface area contributed by atoms with E-state index in [-0.39, 0.29) is 24.7 Å². The summed E-state index contributed by atoms with van der Waals surface area (Å²) in [6, 6.07) is 18.9. The van der Waals surface area contributed by atoms with Crippen LogP contribution in [0.2, 0.25) is 0 Å². The van der Waals surface area contributed by atoms with E-state index in [9.17, 15) is 9.59 Å². The van der Waals surface area contributed by atoms with Gasteiger partial charge >= 0.3 is 0 Å². The van der Waals surface area contributed by atoms with E-state index in [0.29, 0.717) is 11.6 Å². The minimum Gasteiger partial charge on any atom is -0.272 e. The summed E-state index contributed by atoms with van der Waals surface area (Å²) in [5.41, 5.74) is 1.59. The molecule has 0 aliphatic rings. The van der Waals surface area contributed by atoms with Crippen LogP contribution in [0.4, 0.5) is 0 Å². The molecule has 3 aromatic rings. The van der Waals surface area contributed by atoms with Crippen molar-refractivity contribution in [3.8, 4) is 22.8 Å². The third-order valence-corrected chi connectivity index (χ3v) is 3.92. The van der Waals surface area contributed by atoms with Crippen molar-refractivity contribution >= 4 is 11.8 Å². The molecule has 0 aliphatic carbocycles. The predicted molar refractivity (Wildman–Crippen MR) is 99.7 cm³/mol. The van der Waals surface area contributed by atoms with Crippen LogP contribution < -0.4 is 5.01 Å². The molecule has 0 aliphatic heterocycles. The van der Waals surface area contributed by atoms with Crippen molar-refractivity contribution in [2.45, 2.75) is 26.7 Å². The number of benzene rings is 2. The second-order valence-corrected chi connectivity index (χ2v) is 5.69. The van der Waals surface area contributed by atoms with Crippen LogP contribution in [0.15, 0.2) is 60.7 Å². The van der Waals surface area contributed by atoms with Gasteiger partial charge in [0.15, 0.2) is 11.6 Å². The van der Waals surface area contributed by atoms with Crippen LogP contribution in [0.25, 0.3) is 22.8 Å². The number of imide groups is 1. The monoisotopic (exact) mass is 348 g/mol. The molecule has 0 fully saturated rings. The highest BCUT2D eigenvalue weighted by molar-refractivity contribution is 6.08. The van der Waals surface area contributed by atoms with Gasteiger partial charge in [-0.3, -0.25) is 9.59 Å². The van der Waals surface area contributed by atoms with E-state index in [0.717, 1.165) is 16.1 Å². The van der Waals surface area contributed by atoms with Gasteiger partial charge in [-0.25, -0.2) is 4.98 Å². The average molecular weight is 348 g/mol. The van der Waals surface area contributed by atoms with Crippen LogP contribution in [0.1, 0.15) is 26.7 Å². The Morgan fingerprint density at radius 3 is 1.85 bits per heavy atom. The predicted octanol–water partition coefficient (Wildman–Crippen LogP) is 3.42. The first-order chi connectivity index (χ1) is 12.7. The molecule has 3 rings (SSSR count). The van der Waals surface area contributed by atoms with Crippen molar-refractivity contribution < 1.29 is 9.59 Å². The molecular formula is C20H20N4O2. The van der Waals surface area contributed by atoms with Crippen molar-refractivity contribution in [1.29, 1.82) is 0 Å². The molecule has 0 saturated heterocycles. The number of nitrogens with zero attached hydrogens (tertiary/aromatic N) is 4. The molecule has 0 spiro atoms. The summed E-state index contributed by atoms with van der Waals surface area (Å²) in [5, 5.41) is 5.57. The number of amides is 2. The Kier molecular flexibility index (Phi) is 5.22. The third-order valence-electron chi connectivity index (χ3n) is 3.92. The lowest BCUT2D eigenvalue weighted by molar-refractivity contribution is -0.128. The number of carbonyl (C=O) groups excluding carboxylic acids is 2. The van der Waals surface area contributed by atoms with E-state index in [4.69, 9.17) is 0 Å². The first-order valence-corrected chi connectivity index (χ1v) is 8.59. The topological polar surface area (TPSA) is 68.1 Å². The van der Waals surface area contributed by atoms with Gasteiger partial charge in [0.2, 0.25) is 11.8 Å². The fourth-order valence-electron chi connectivity index (χ4n) is 2.57. The van der Waals surface area contributed by atoms with Gasteiger partial charge in [0.25, 0.3) is 0 Å². The summed E-state index contributed by atoms with van der Waals surface area (Å²) in [4.78, 5) is 30.9. The Bertz CT molecular complexity index is 888. The van der Waals surface area contributed by atoms with E-state index >= 15 is 0 Å². The Hall–Kier alpha value is -3.28. The quantitative estimate of drug-likeness (QED) is 0.708. The molecular weight excluding hydrogens is 328 g/mol. The smallest absolute Gasteiger partial charge is 0.249 e. The Morgan fingerprint density at radius 2 is 1.35 bits per heavy atom. The van der Waals surface area contributed by atoms with Crippen molar-refractivity contribution in [1.82, 2.24) is 14.9 Å². The molecule has 0 bridgehead atoms. The maximum atomic E-state index is 12.5. The molecule has 0 radical (unpaired) electrons. The zero-order chi connectivity index (χ0) is 18.5. The van der Waals surface area contributed by atoms with Gasteiger partial charge in [0.1, 0.15) is 0 Å². The van der Waals surface area contributed by atoms with E-state index in [1.165, 1.54) is 4.79 Å². The largest absolute Gasteiger partial charge is 0.272 e. The minimum absolute atomic E-state index is 0.195. The highest BCUT2D eigenvalue weighted by atomic mass is 16.2. The van der Waals surface area contributed by atoms with Gasteiger partial charge in [-0.05, 0) is 0 Å². The van der Waals surface area contributed by atoms with Gasteiger partial charge in [-0.15, -0.1) is 9.89 Å². The number of hydrogen-bond acceptors (Lipinski definition) is 4. The Morgan fingerprint density at radius 1 is 0.846 bits per heavy atom. The van der Waals surface area contributed by atoms with Crippen LogP contribution in [-0.2, 0) is 9.59 Å². The normalized spacial score (nSPS) is 10.5. The first-order valence-electron chi connectivity index (χ1n) is 8.59. The first kappa shape index (κ1) is 17.5. The maximum absolute atomic E-state index is 12.5. The van der Waals surface area contributed by atoms with E-state index in [1.54, 1.807) is 13.8 Å². The molecule has 2 aromatic carbocycles. The van der Waals surface area contributed by atoms with Crippen molar-refractivity contribution in [2.75, 3.05) is 5.01 Å². The lowest BCUT2D eigenvalue weighted by Crippen LogP contribution is -2.46. The fraction of sp³-hybridized carbons (Fsp3) is 0.200. The van der Waals surface area contributed by atoms with Gasteiger partial charge < -0.3 is 0 Å². The molecule has 1 aromatic heterocycles. The summed E-state index contributed by atoms with van der Waals surface area (Å²) >= 11 is 0. The van der Waals surface area contributed by atoms with Crippen LogP contribution in [0.3, 0.4) is 0 Å². The van der Waals surface area contributed by atoms with Crippen molar-refractivity contribution in [3.63, 3.8) is 0 Å². The van der Waals surface area contributed by atoms with Crippen LogP contribution in [0, 0.1) is 0 Å². The summed E-state index contributed by atoms with van der Waals surface area (Å²) < 4.78 is 0. The highest BCUT2D eigenvalue weighted by Crippen LogP contribution is 2.23. The number of aromatic nitrogens is 3. The van der Waals surface area contributed by atoms with Crippen LogP contribution in [0.5, 0.6) is 0 Å². The van der Waals surface area contributed by atoms with E-state index in [1.807, 2.05) is 60.7 Å². The minimum atomic E-state index is -0.321. The molecule has 0 unspecified atom stereocenters. The Balaban J connectivity index is 2.20. The average Bonchev–Trinajstić information content (AvgIpc) is 3.14. The molecule has 6 nitrogen and oxygen atoms in total. The van der Waals surface area contributed by atoms with Crippen molar-refractivity contribution in [2.24, 2.45) is 0 Å². The molecule has 1 heterocycles. The summed E-state index contributed by atoms with van der Waals surface area (Å²) in [6.45, 7) is 3.44. The van der Waals surface area contributed by atoms with Gasteiger partial charge in [-0.1, -0.05) is 74.5 Å². The highest BCUT2D eigenvalue weighted by Gasteiger charge is 2.26. The molecule has 0 atom stereocenters. The van der Waals surface area contributed by atoms with Gasteiger partial charge in [0, 0.05) is 24.0 Å². The lowest BCUT2D eigenvalue weighted by atomic mass is 10.2. The molecule has 0 saturated carbocycles. The summed E-state index contributed by atoms with van der Waals surface area (Å²) in [6.07, 6.45) is 0.390. The maximum Gasteiger partial charge on any atom is 0.249 e. The van der Waals surface area contributed by atoms with Gasteiger partial charge in [0.05, 0.1) is 0 Å². The number of rotatable bonds is 5. The van der Waals surface area contributed by atoms with Crippen molar-refractivity contribution in [3.05, 3.63) is 60.7 Å². The fourth-order valence-corrected chi connectivity index (χ4v) is 2.57. The second-order valence-electron chi connectivity index (χ2n) is 5.69. The SMILES string of the molecule is CCC(=O)N(C(=O)CC)n1nc(-c2ccccc2)nc1-c1ccccc1. The molecule has 0 N–H and O–H groups in total. The summed E-state index contributed by atoms with van der Waals surface area (Å²) in [7, 11) is 0.